The smallest absolute Gasteiger partial charge is 0.336 e. The topological polar surface area (TPSA) is 64.8 Å². The minimum absolute atomic E-state index is 0.220. The summed E-state index contributed by atoms with van der Waals surface area (Å²) in [5.74, 6) is -0.311. The number of hydrogen-bond donors (Lipinski definition) is 1. The second-order valence-electron chi connectivity index (χ2n) is 4.88. The van der Waals surface area contributed by atoms with Crippen LogP contribution in [0.2, 0.25) is 0 Å². The third-order valence-corrected chi connectivity index (χ3v) is 3.63. The zero-order valence-electron chi connectivity index (χ0n) is 11.8. The molecule has 2 N–H and O–H groups in total. The average Bonchev–Trinajstić information content (AvgIpc) is 2.52. The van der Waals surface area contributed by atoms with Gasteiger partial charge in [-0.3, -0.25) is 4.90 Å². The number of hydrogen-bond acceptors (Lipinski definition) is 5. The molecule has 1 aliphatic heterocycles. The predicted molar refractivity (Wildman–Crippen MR) is 76.2 cm³/mol. The van der Waals surface area contributed by atoms with Gasteiger partial charge in [0.2, 0.25) is 0 Å². The molecule has 0 aromatic heterocycles. The van der Waals surface area contributed by atoms with Crippen LogP contribution < -0.4 is 5.73 Å². The van der Waals surface area contributed by atoms with Crippen molar-refractivity contribution in [2.24, 2.45) is 5.73 Å². The molecule has 1 aromatic carbocycles. The summed E-state index contributed by atoms with van der Waals surface area (Å²) < 4.78 is 10.2. The van der Waals surface area contributed by atoms with E-state index in [0.717, 1.165) is 13.0 Å². The number of nitrogens with two attached hydrogens (primary N) is 1. The molecule has 1 aromatic rings. The molecule has 1 aliphatic rings. The zero-order chi connectivity index (χ0) is 14.4. The van der Waals surface area contributed by atoms with Crippen LogP contribution in [0.3, 0.4) is 0 Å². The fourth-order valence-electron chi connectivity index (χ4n) is 2.62. The molecular weight excluding hydrogens is 256 g/mol. The van der Waals surface area contributed by atoms with Gasteiger partial charge in [0.1, 0.15) is 0 Å². The highest BCUT2D eigenvalue weighted by Gasteiger charge is 2.31. The standard InChI is InChI=1S/C15H22N2O3/c1-19-15(18)14-11-17(9-10-20-14)13(7-8-16)12-5-3-2-4-6-12/h2-6,13-14H,7-11,16H2,1H3. The summed E-state index contributed by atoms with van der Waals surface area (Å²) in [6.45, 7) is 2.49. The molecule has 0 aliphatic carbocycles. The van der Waals surface area contributed by atoms with Crippen LogP contribution in [0.15, 0.2) is 30.3 Å². The monoisotopic (exact) mass is 278 g/mol. The molecule has 0 spiro atoms. The van der Waals surface area contributed by atoms with Crippen molar-refractivity contribution in [1.82, 2.24) is 4.90 Å². The summed E-state index contributed by atoms with van der Waals surface area (Å²) in [7, 11) is 1.39. The molecule has 2 unspecified atom stereocenters. The van der Waals surface area contributed by atoms with Gasteiger partial charge < -0.3 is 15.2 Å². The van der Waals surface area contributed by atoms with E-state index >= 15 is 0 Å². The van der Waals surface area contributed by atoms with E-state index in [4.69, 9.17) is 15.2 Å². The molecule has 2 atom stereocenters. The molecule has 1 saturated heterocycles. The maximum absolute atomic E-state index is 11.6. The van der Waals surface area contributed by atoms with Crippen molar-refractivity contribution < 1.29 is 14.3 Å². The van der Waals surface area contributed by atoms with Crippen molar-refractivity contribution in [3.63, 3.8) is 0 Å². The molecule has 110 valence electrons. The van der Waals surface area contributed by atoms with Gasteiger partial charge in [0.15, 0.2) is 6.10 Å². The van der Waals surface area contributed by atoms with Crippen LogP contribution in [0, 0.1) is 0 Å². The maximum Gasteiger partial charge on any atom is 0.336 e. The van der Waals surface area contributed by atoms with E-state index in [1.165, 1.54) is 12.7 Å². The van der Waals surface area contributed by atoms with Crippen molar-refractivity contribution in [2.75, 3.05) is 33.4 Å². The predicted octanol–water partition coefficient (Wildman–Crippen LogP) is 0.950. The Hall–Kier alpha value is -1.43. The Kier molecular flexibility index (Phi) is 5.52. The van der Waals surface area contributed by atoms with Crippen LogP contribution in [-0.4, -0.2) is 50.3 Å². The number of methoxy groups -OCH3 is 1. The van der Waals surface area contributed by atoms with Gasteiger partial charge in [0, 0.05) is 19.1 Å². The van der Waals surface area contributed by atoms with Gasteiger partial charge in [0.25, 0.3) is 0 Å². The summed E-state index contributed by atoms with van der Waals surface area (Å²) in [6.07, 6.45) is 0.357. The number of carbonyl (C=O) groups excluding carboxylic acids is 1. The molecule has 0 radical (unpaired) electrons. The zero-order valence-corrected chi connectivity index (χ0v) is 11.8. The Morgan fingerprint density at radius 3 is 2.90 bits per heavy atom. The number of rotatable bonds is 5. The third-order valence-electron chi connectivity index (χ3n) is 3.63. The van der Waals surface area contributed by atoms with Crippen LogP contribution in [0.25, 0.3) is 0 Å². The Bertz CT molecular complexity index is 424. The van der Waals surface area contributed by atoms with Gasteiger partial charge in [0.05, 0.1) is 13.7 Å². The lowest BCUT2D eigenvalue weighted by molar-refractivity contribution is -0.161. The first-order valence-corrected chi connectivity index (χ1v) is 6.94. The summed E-state index contributed by atoms with van der Waals surface area (Å²) in [6, 6.07) is 10.5. The van der Waals surface area contributed by atoms with E-state index in [-0.39, 0.29) is 12.0 Å². The molecular formula is C15H22N2O3. The first-order valence-electron chi connectivity index (χ1n) is 6.94. The number of ether oxygens (including phenoxy) is 2. The van der Waals surface area contributed by atoms with Gasteiger partial charge >= 0.3 is 5.97 Å². The van der Waals surface area contributed by atoms with E-state index in [2.05, 4.69) is 17.0 Å². The van der Waals surface area contributed by atoms with Crippen LogP contribution in [0.4, 0.5) is 0 Å². The fourth-order valence-corrected chi connectivity index (χ4v) is 2.62. The fraction of sp³-hybridized carbons (Fsp3) is 0.533. The number of nitrogens with zero attached hydrogens (tertiary/aromatic N) is 1. The second kappa shape index (κ2) is 7.38. The first kappa shape index (κ1) is 15.0. The summed E-state index contributed by atoms with van der Waals surface area (Å²) >= 11 is 0. The highest BCUT2D eigenvalue weighted by Crippen LogP contribution is 2.26. The summed E-state index contributed by atoms with van der Waals surface area (Å²) in [4.78, 5) is 13.9. The van der Waals surface area contributed by atoms with Crippen LogP contribution in [-0.2, 0) is 14.3 Å². The summed E-state index contributed by atoms with van der Waals surface area (Å²) in [5.41, 5.74) is 6.97. The number of benzene rings is 1. The van der Waals surface area contributed by atoms with E-state index in [9.17, 15) is 4.79 Å². The average molecular weight is 278 g/mol. The van der Waals surface area contributed by atoms with Crippen LogP contribution in [0.1, 0.15) is 18.0 Å². The largest absolute Gasteiger partial charge is 0.467 e. The molecule has 20 heavy (non-hydrogen) atoms. The molecule has 5 nitrogen and oxygen atoms in total. The number of morpholine rings is 1. The lowest BCUT2D eigenvalue weighted by Crippen LogP contribution is -2.48. The van der Waals surface area contributed by atoms with Gasteiger partial charge in [-0.05, 0) is 18.5 Å². The lowest BCUT2D eigenvalue weighted by atomic mass is 10.0. The highest BCUT2D eigenvalue weighted by molar-refractivity contribution is 5.74. The molecule has 1 fully saturated rings. The van der Waals surface area contributed by atoms with Crippen molar-refractivity contribution in [2.45, 2.75) is 18.6 Å². The molecule has 1 heterocycles. The van der Waals surface area contributed by atoms with Crippen molar-refractivity contribution in [1.29, 1.82) is 0 Å². The second-order valence-corrected chi connectivity index (χ2v) is 4.88. The normalized spacial score (nSPS) is 21.4. The van der Waals surface area contributed by atoms with E-state index in [1.807, 2.05) is 18.2 Å². The quantitative estimate of drug-likeness (QED) is 0.812. The highest BCUT2D eigenvalue weighted by atomic mass is 16.6. The Morgan fingerprint density at radius 2 is 2.25 bits per heavy atom. The maximum atomic E-state index is 11.6. The Morgan fingerprint density at radius 1 is 1.50 bits per heavy atom. The van der Waals surface area contributed by atoms with Crippen molar-refractivity contribution in [3.05, 3.63) is 35.9 Å². The van der Waals surface area contributed by atoms with Gasteiger partial charge in [-0.1, -0.05) is 30.3 Å². The summed E-state index contributed by atoms with van der Waals surface area (Å²) in [5, 5.41) is 0. The van der Waals surface area contributed by atoms with E-state index in [0.29, 0.717) is 19.7 Å². The van der Waals surface area contributed by atoms with E-state index in [1.54, 1.807) is 0 Å². The third kappa shape index (κ3) is 3.56. The molecule has 2 rings (SSSR count). The Labute approximate surface area is 119 Å². The van der Waals surface area contributed by atoms with Crippen molar-refractivity contribution >= 4 is 5.97 Å². The van der Waals surface area contributed by atoms with Crippen LogP contribution >= 0.6 is 0 Å². The minimum atomic E-state index is -0.502. The minimum Gasteiger partial charge on any atom is -0.467 e. The van der Waals surface area contributed by atoms with Crippen molar-refractivity contribution in [3.8, 4) is 0 Å². The first-order chi connectivity index (χ1) is 9.76. The molecule has 0 bridgehead atoms. The molecule has 0 amide bonds. The number of carbonyl (C=O) groups is 1. The Balaban J connectivity index is 2.11. The number of esters is 1. The van der Waals surface area contributed by atoms with Gasteiger partial charge in [-0.2, -0.15) is 0 Å². The molecule has 0 saturated carbocycles. The SMILES string of the molecule is COC(=O)C1CN(C(CCN)c2ccccc2)CCO1. The van der Waals surface area contributed by atoms with Gasteiger partial charge in [-0.15, -0.1) is 0 Å². The molecule has 5 heteroatoms. The lowest BCUT2D eigenvalue weighted by Gasteiger charge is -2.37. The van der Waals surface area contributed by atoms with Crippen LogP contribution in [0.5, 0.6) is 0 Å². The van der Waals surface area contributed by atoms with E-state index < -0.39 is 6.10 Å². The van der Waals surface area contributed by atoms with Gasteiger partial charge in [-0.25, -0.2) is 4.79 Å².